The molecule has 0 aliphatic rings. The van der Waals surface area contributed by atoms with Crippen LogP contribution in [-0.4, -0.2) is 88.4 Å². The summed E-state index contributed by atoms with van der Waals surface area (Å²) in [4.78, 5) is 44.8. The van der Waals surface area contributed by atoms with Gasteiger partial charge in [-0.05, 0) is 0 Å². The third-order valence-electron chi connectivity index (χ3n) is 25.6. The van der Waals surface area contributed by atoms with Crippen LogP contribution >= 0.6 is 0 Å². The molecule has 0 fully saturated rings. The summed E-state index contributed by atoms with van der Waals surface area (Å²) in [5, 5.41) is 24.1. The van der Waals surface area contributed by atoms with Crippen molar-refractivity contribution in [1.29, 1.82) is 0 Å². The Hall–Kier alpha value is -16.8. The van der Waals surface area contributed by atoms with E-state index in [-0.39, 0.29) is 60.7 Å². The third-order valence-corrected chi connectivity index (χ3v) is 33.5. The van der Waals surface area contributed by atoms with Gasteiger partial charge in [-0.15, -0.1) is 0 Å². The van der Waals surface area contributed by atoms with Crippen LogP contribution in [-0.2, 0) is 0 Å². The Balaban J connectivity index is 0.000000117. The van der Waals surface area contributed by atoms with Crippen molar-refractivity contribution in [2.75, 3.05) is 0 Å². The zero-order valence-corrected chi connectivity index (χ0v) is 78.8. The molecular formula is C127H77N9Se3. The van der Waals surface area contributed by atoms with Crippen LogP contribution in [0.15, 0.2) is 467 Å². The van der Waals surface area contributed by atoms with Crippen molar-refractivity contribution in [2.24, 2.45) is 0 Å². The van der Waals surface area contributed by atoms with Crippen molar-refractivity contribution >= 4 is 177 Å². The summed E-state index contributed by atoms with van der Waals surface area (Å²) in [5.74, 6) is 3.35. The average molecular weight is 1980 g/mol. The number of hydrogen-bond donors (Lipinski definition) is 0. The van der Waals surface area contributed by atoms with E-state index in [0.29, 0.717) is 34.7 Å². The molecular weight excluding hydrogens is 1890 g/mol. The number of rotatable bonds is 12. The van der Waals surface area contributed by atoms with Crippen LogP contribution in [0.1, 0.15) is 19.2 Å². The number of fused-ring (bicyclic) bond motifs is 20. The molecule has 0 bridgehead atoms. The summed E-state index contributed by atoms with van der Waals surface area (Å²) in [5.41, 5.74) is 9.15. The second-order valence-electron chi connectivity index (χ2n) is 33.8. The van der Waals surface area contributed by atoms with Gasteiger partial charge in [0.25, 0.3) is 0 Å². The van der Waals surface area contributed by atoms with Crippen LogP contribution in [0.25, 0.3) is 269 Å². The van der Waals surface area contributed by atoms with Crippen molar-refractivity contribution in [3.63, 3.8) is 0 Å². The fraction of sp³-hybridized carbons (Fsp3) is 0. The minimum atomic E-state index is -0.735. The van der Waals surface area contributed by atoms with E-state index in [1.807, 2.05) is 60.7 Å². The summed E-state index contributed by atoms with van der Waals surface area (Å²) >= 11 is 0.00689. The molecule has 0 aliphatic heterocycles. The maximum atomic E-state index is 9.15. The van der Waals surface area contributed by atoms with Crippen LogP contribution in [0.5, 0.6) is 0 Å². The van der Waals surface area contributed by atoms with Gasteiger partial charge in [0.2, 0.25) is 0 Å². The molecule has 28 rings (SSSR count). The summed E-state index contributed by atoms with van der Waals surface area (Å²) in [6, 6.07) is 124. The van der Waals surface area contributed by atoms with E-state index < -0.39 is 107 Å². The first-order chi connectivity index (χ1) is 74.7. The van der Waals surface area contributed by atoms with E-state index in [4.69, 9.17) is 59.1 Å². The quantitative estimate of drug-likeness (QED) is 0.0871. The molecule has 6 aromatic heterocycles. The minimum absolute atomic E-state index is 0.0165. The third kappa shape index (κ3) is 15.5. The molecule has 0 saturated heterocycles. The molecule has 0 amide bonds. The number of hydrogen-bond acceptors (Lipinski definition) is 9. The van der Waals surface area contributed by atoms with Gasteiger partial charge in [-0.2, -0.15) is 0 Å². The molecule has 0 aliphatic carbocycles. The summed E-state index contributed by atoms with van der Waals surface area (Å²) in [6.45, 7) is 0. The Labute approximate surface area is 837 Å². The molecule has 0 N–H and O–H groups in total. The van der Waals surface area contributed by atoms with E-state index in [2.05, 4.69) is 320 Å². The fourth-order valence-corrected chi connectivity index (χ4v) is 26.8. The van der Waals surface area contributed by atoms with Gasteiger partial charge in [-0.25, -0.2) is 0 Å². The number of aromatic nitrogens is 9. The van der Waals surface area contributed by atoms with Gasteiger partial charge in [-0.3, -0.25) is 0 Å². The predicted octanol–water partition coefficient (Wildman–Crippen LogP) is 31.8. The van der Waals surface area contributed by atoms with Crippen molar-refractivity contribution in [2.45, 2.75) is 0 Å². The molecule has 9 nitrogen and oxygen atoms in total. The molecule has 0 atom stereocenters. The first-order valence-electron chi connectivity index (χ1n) is 52.4. The Bertz CT molecular complexity index is 10600. The molecule has 139 heavy (non-hydrogen) atoms. The molecule has 0 unspecified atom stereocenters. The molecule has 0 saturated carbocycles. The van der Waals surface area contributed by atoms with Crippen LogP contribution in [0.3, 0.4) is 0 Å². The van der Waals surface area contributed by atoms with Crippen molar-refractivity contribution < 1.29 is 19.2 Å². The van der Waals surface area contributed by atoms with Crippen LogP contribution in [0, 0.1) is 0 Å². The zero-order chi connectivity index (χ0) is 104. The maximum absolute atomic E-state index is 9.15. The topological polar surface area (TPSA) is 116 Å². The second-order valence-corrected chi connectivity index (χ2v) is 40.4. The monoisotopic (exact) mass is 1980 g/mol. The Morgan fingerprint density at radius 3 is 0.921 bits per heavy atom. The van der Waals surface area contributed by atoms with E-state index in [9.17, 15) is 0 Å². The van der Waals surface area contributed by atoms with E-state index in [0.717, 1.165) is 86.0 Å². The second kappa shape index (κ2) is 35.5. The normalized spacial score (nSPS) is 13.0. The first-order valence-corrected chi connectivity index (χ1v) is 50.5. The number of benzene rings is 22. The SMILES string of the molecule is [2H]c1c([2H])c([2H])c(-c2nc(-c3c([2H])c([2H])c(-c4c([2H])c([2H])c([2H])c([2H])c4[2H])c([2H])c3[2H])nc(-c3cccc4c3[se]c3c(-c5ccc6ccccc6c5)cccc34)n2)c([2H])c1[2H].c1ccc(-c2ccc(-c3nc(-c4ccc5ccc6c7ccccc7ccc6c5c4)nc(-c4cccc5c4[se]c4ccccc45)n3)cc2)cc1.c1ccc(-c2nc(-c3ccc4ccc5c6ccccc6ccc5c4c3)nc(-c3cccc4c3[se]c3ccccc34)n2)cc1. The van der Waals surface area contributed by atoms with Gasteiger partial charge in [-0.1, -0.05) is 48.5 Å². The van der Waals surface area contributed by atoms with Gasteiger partial charge in [0.05, 0.1) is 4.11 Å². The zero-order valence-electron chi connectivity index (χ0n) is 87.6. The van der Waals surface area contributed by atoms with Gasteiger partial charge in [0.1, 0.15) is 0 Å². The van der Waals surface area contributed by atoms with Crippen molar-refractivity contribution in [3.8, 4) is 136 Å². The predicted molar refractivity (Wildman–Crippen MR) is 583 cm³/mol. The van der Waals surface area contributed by atoms with Crippen LogP contribution in [0.2, 0.25) is 0 Å². The Kier molecular flexibility index (Phi) is 17.7. The van der Waals surface area contributed by atoms with Gasteiger partial charge in [0.15, 0.2) is 0 Å². The van der Waals surface area contributed by atoms with E-state index in [1.54, 1.807) is 6.07 Å². The summed E-state index contributed by atoms with van der Waals surface area (Å²) < 4.78 is 128. The first kappa shape index (κ1) is 69.1. The Morgan fingerprint density at radius 2 is 0.432 bits per heavy atom. The molecule has 12 heteroatoms. The van der Waals surface area contributed by atoms with Crippen LogP contribution < -0.4 is 0 Å². The van der Waals surface area contributed by atoms with Crippen LogP contribution in [0.4, 0.5) is 0 Å². The molecule has 0 radical (unpaired) electrons. The van der Waals surface area contributed by atoms with E-state index in [1.165, 1.54) is 109 Å². The van der Waals surface area contributed by atoms with E-state index >= 15 is 0 Å². The van der Waals surface area contributed by atoms with Crippen molar-refractivity contribution in [3.05, 3.63) is 467 Å². The standard InChI is InChI=1S/C45H27N3Se.C43H27N3Se.C39H23N3Se/c1-2-9-28(10-3-1)29-17-20-32(21-18-29)43-46-44(48-45(47-43)39-15-8-14-38-37-13-6-7-16-41(37)49-42(38)39)33-22-19-31-24-25-35-34-12-5-4-11-30(34)23-26-36(35)40(31)27-33;1-3-11-28(12-4-1)30-21-24-32(25-22-30)42-44-41(31-14-5-2-6-15-31)45-43(46-42)38-20-10-19-37-36-18-9-17-35(39(36)47-40(37)38)34-26-23-29-13-7-8-16-33(29)27-34;1-2-10-26(11-3-1)37-40-38(42-39(41-37)33-15-8-14-32-31-13-6-7-16-35(31)43-36(32)33)27-18-17-25-20-21-29-28-12-5-4-9-24(28)19-22-30(29)34(25)23-27/h1-27H;1-27H;1-23H/i;1D,2D,3D,4D,5D,6D,11D,12D,14D,15D,21D,22D,24D,25D;. The average Bonchev–Trinajstić information content (AvgIpc) is 1.68. The molecule has 0 spiro atoms. The Morgan fingerprint density at radius 1 is 0.144 bits per heavy atom. The summed E-state index contributed by atoms with van der Waals surface area (Å²) in [6.07, 6.45) is 0. The van der Waals surface area contributed by atoms with Gasteiger partial charge >= 0.3 is 791 Å². The molecule has 648 valence electrons. The van der Waals surface area contributed by atoms with Gasteiger partial charge < -0.3 is 0 Å². The fourth-order valence-electron chi connectivity index (χ4n) is 18.9. The summed E-state index contributed by atoms with van der Waals surface area (Å²) in [7, 11) is 0. The van der Waals surface area contributed by atoms with Gasteiger partial charge in [0, 0.05) is 0 Å². The molecule has 22 aromatic carbocycles. The van der Waals surface area contributed by atoms with Crippen molar-refractivity contribution in [1.82, 2.24) is 44.9 Å². The number of nitrogens with zero attached hydrogens (tertiary/aromatic N) is 9. The molecule has 28 aromatic rings. The molecule has 6 heterocycles.